The van der Waals surface area contributed by atoms with Gasteiger partial charge in [-0.25, -0.2) is 9.98 Å². The fraction of sp³-hybridized carbons (Fsp3) is 0.200. The average Bonchev–Trinajstić information content (AvgIpc) is 2.81. The maximum atomic E-state index is 6.05. The van der Waals surface area contributed by atoms with Crippen LogP contribution in [0.1, 0.15) is 0 Å². The van der Waals surface area contributed by atoms with Crippen molar-refractivity contribution in [2.75, 3.05) is 37.0 Å². The van der Waals surface area contributed by atoms with Crippen molar-refractivity contribution in [2.45, 2.75) is 0 Å². The molecule has 0 aromatic heterocycles. The van der Waals surface area contributed by atoms with Crippen molar-refractivity contribution in [2.24, 2.45) is 31.7 Å². The summed E-state index contributed by atoms with van der Waals surface area (Å²) in [5, 5.41) is 9.38. The molecular weight excluding hydrogens is 522 g/mol. The Bertz CT molecular complexity index is 904. The van der Waals surface area contributed by atoms with Gasteiger partial charge in [-0.05, 0) is 48.5 Å². The molecule has 0 unspecified atom stereocenters. The van der Waals surface area contributed by atoms with Crippen LogP contribution in [0.5, 0.6) is 0 Å². The lowest BCUT2D eigenvalue weighted by atomic mass is 10.3. The highest BCUT2D eigenvalue weighted by Gasteiger charge is 2.19. The van der Waals surface area contributed by atoms with Gasteiger partial charge >= 0.3 is 0 Å². The summed E-state index contributed by atoms with van der Waals surface area (Å²) in [5.41, 5.74) is 19.4. The van der Waals surface area contributed by atoms with E-state index in [1.54, 1.807) is 24.3 Å². The molecule has 1 saturated heterocycles. The molecule has 1 aliphatic heterocycles. The molecule has 34 heavy (non-hydrogen) atoms. The second-order valence-electron chi connectivity index (χ2n) is 6.68. The van der Waals surface area contributed by atoms with Crippen molar-refractivity contribution in [3.63, 3.8) is 0 Å². The molecule has 2 aromatic carbocycles. The minimum absolute atomic E-state index is 0. The molecule has 14 heteroatoms. The summed E-state index contributed by atoms with van der Waals surface area (Å²) in [6.45, 7) is 2.63. The van der Waals surface area contributed by atoms with E-state index in [1.807, 2.05) is 34.1 Å². The van der Waals surface area contributed by atoms with Crippen molar-refractivity contribution in [3.8, 4) is 0 Å². The van der Waals surface area contributed by atoms with E-state index < -0.39 is 0 Å². The standard InChI is InChI=1S/C20H24Cl2N10.2ClH/c21-15-1-5-17(6-2-15)29-27-13-25-19(23)31-9-11-32(12-10-31)20(24)26-14-28-30-18-7-3-16(22)4-8-18;;/h1-8,13-14,29-30H,9-12H2,(H2,23,25,27)(H2,24,26,28);2*1H. The van der Waals surface area contributed by atoms with E-state index in [-0.39, 0.29) is 24.8 Å². The average molecular weight is 548 g/mol. The number of anilines is 2. The number of hydrazone groups is 2. The number of guanidine groups is 2. The molecule has 6 N–H and O–H groups in total. The normalized spacial score (nSPS) is 14.6. The molecule has 1 heterocycles. The first-order chi connectivity index (χ1) is 15.5. The maximum Gasteiger partial charge on any atom is 0.197 e. The van der Waals surface area contributed by atoms with Gasteiger partial charge in [0, 0.05) is 36.2 Å². The smallest absolute Gasteiger partial charge is 0.197 e. The molecular formula is C20H26Cl4N10. The highest BCUT2D eigenvalue weighted by molar-refractivity contribution is 6.30. The van der Waals surface area contributed by atoms with Crippen LogP contribution in [0.2, 0.25) is 10.0 Å². The van der Waals surface area contributed by atoms with E-state index in [9.17, 15) is 0 Å². The van der Waals surface area contributed by atoms with Gasteiger partial charge in [0.05, 0.1) is 11.4 Å². The first-order valence-electron chi connectivity index (χ1n) is 9.74. The molecule has 0 aliphatic carbocycles. The Morgan fingerprint density at radius 3 is 1.32 bits per heavy atom. The van der Waals surface area contributed by atoms with Gasteiger partial charge in [0.25, 0.3) is 0 Å². The molecule has 0 saturated carbocycles. The van der Waals surface area contributed by atoms with Crippen molar-refractivity contribution in [3.05, 3.63) is 58.6 Å². The number of benzene rings is 2. The van der Waals surface area contributed by atoms with Crippen molar-refractivity contribution in [1.82, 2.24) is 9.80 Å². The zero-order valence-electron chi connectivity index (χ0n) is 18.0. The first kappa shape index (κ1) is 29.1. The topological polar surface area (TPSA) is 132 Å². The molecule has 2 aromatic rings. The van der Waals surface area contributed by atoms with Gasteiger partial charge in [-0.15, -0.1) is 24.8 Å². The molecule has 0 radical (unpaired) electrons. The van der Waals surface area contributed by atoms with Gasteiger partial charge in [0.15, 0.2) is 11.9 Å². The monoisotopic (exact) mass is 546 g/mol. The van der Waals surface area contributed by atoms with Crippen LogP contribution in [-0.4, -0.2) is 60.6 Å². The minimum Gasteiger partial charge on any atom is -0.369 e. The molecule has 184 valence electrons. The fourth-order valence-electron chi connectivity index (χ4n) is 2.76. The molecule has 10 nitrogen and oxygen atoms in total. The highest BCUT2D eigenvalue weighted by Crippen LogP contribution is 2.13. The maximum absolute atomic E-state index is 6.05. The third-order valence-electron chi connectivity index (χ3n) is 4.50. The molecule has 0 spiro atoms. The van der Waals surface area contributed by atoms with Crippen LogP contribution in [0.3, 0.4) is 0 Å². The Kier molecular flexibility index (Phi) is 12.9. The van der Waals surface area contributed by atoms with Gasteiger partial charge < -0.3 is 21.3 Å². The molecule has 3 rings (SSSR count). The van der Waals surface area contributed by atoms with Gasteiger partial charge in [0.2, 0.25) is 0 Å². The van der Waals surface area contributed by atoms with Crippen LogP contribution in [0.25, 0.3) is 0 Å². The number of aliphatic imine (C=N–C) groups is 2. The van der Waals surface area contributed by atoms with Crippen molar-refractivity contribution < 1.29 is 0 Å². The molecule has 0 bridgehead atoms. The summed E-state index contributed by atoms with van der Waals surface area (Å²) in [6, 6.07) is 14.3. The third kappa shape index (κ3) is 9.52. The van der Waals surface area contributed by atoms with Crippen LogP contribution in [-0.2, 0) is 0 Å². The Labute approximate surface area is 220 Å². The zero-order valence-corrected chi connectivity index (χ0v) is 21.2. The Morgan fingerprint density at radius 1 is 0.676 bits per heavy atom. The summed E-state index contributed by atoms with van der Waals surface area (Å²) >= 11 is 11.7. The third-order valence-corrected chi connectivity index (χ3v) is 5.00. The predicted octanol–water partition coefficient (Wildman–Crippen LogP) is 3.49. The zero-order chi connectivity index (χ0) is 22.8. The lowest BCUT2D eigenvalue weighted by molar-refractivity contribution is 0.255. The van der Waals surface area contributed by atoms with E-state index in [2.05, 4.69) is 31.0 Å². The molecule has 0 atom stereocenters. The number of nitrogens with two attached hydrogens (primary N) is 2. The Morgan fingerprint density at radius 2 is 1.00 bits per heavy atom. The fourth-order valence-corrected chi connectivity index (χ4v) is 3.01. The molecule has 0 amide bonds. The van der Waals surface area contributed by atoms with Crippen LogP contribution in [0, 0.1) is 0 Å². The van der Waals surface area contributed by atoms with Crippen LogP contribution in [0.15, 0.2) is 68.7 Å². The van der Waals surface area contributed by atoms with Gasteiger partial charge in [-0.3, -0.25) is 10.9 Å². The number of halogens is 4. The number of nitrogens with zero attached hydrogens (tertiary/aromatic N) is 6. The van der Waals surface area contributed by atoms with Crippen molar-refractivity contribution in [1.29, 1.82) is 0 Å². The summed E-state index contributed by atoms with van der Waals surface area (Å²) in [7, 11) is 0. The second-order valence-corrected chi connectivity index (χ2v) is 7.55. The lowest BCUT2D eigenvalue weighted by Gasteiger charge is -2.35. The number of hydrogen-bond acceptors (Lipinski definition) is 4. The second kappa shape index (κ2) is 15.1. The summed E-state index contributed by atoms with van der Waals surface area (Å²) in [4.78, 5) is 12.2. The Hall–Kier alpha value is -2.92. The summed E-state index contributed by atoms with van der Waals surface area (Å²) < 4.78 is 0. The predicted molar refractivity (Wildman–Crippen MR) is 148 cm³/mol. The number of hydrogen-bond donors (Lipinski definition) is 4. The minimum atomic E-state index is 0. The number of piperazine rings is 1. The quantitative estimate of drug-likeness (QED) is 0.248. The van der Waals surface area contributed by atoms with Gasteiger partial charge in [-0.1, -0.05) is 23.2 Å². The highest BCUT2D eigenvalue weighted by atomic mass is 35.5. The molecule has 1 fully saturated rings. The van der Waals surface area contributed by atoms with Crippen LogP contribution < -0.4 is 22.3 Å². The van der Waals surface area contributed by atoms with E-state index >= 15 is 0 Å². The molecule has 1 aliphatic rings. The van der Waals surface area contributed by atoms with Crippen LogP contribution in [0.4, 0.5) is 11.4 Å². The first-order valence-corrected chi connectivity index (χ1v) is 10.5. The Balaban J connectivity index is 0.00000289. The lowest BCUT2D eigenvalue weighted by Crippen LogP contribution is -2.54. The largest absolute Gasteiger partial charge is 0.369 e. The summed E-state index contributed by atoms with van der Waals surface area (Å²) in [6.07, 6.45) is 2.74. The van der Waals surface area contributed by atoms with E-state index in [4.69, 9.17) is 34.7 Å². The van der Waals surface area contributed by atoms with Gasteiger partial charge in [0.1, 0.15) is 12.7 Å². The van der Waals surface area contributed by atoms with Gasteiger partial charge in [-0.2, -0.15) is 10.2 Å². The number of rotatable bonds is 6. The van der Waals surface area contributed by atoms with E-state index in [1.165, 1.54) is 12.7 Å². The van der Waals surface area contributed by atoms with Crippen LogP contribution >= 0.6 is 48.0 Å². The van der Waals surface area contributed by atoms with E-state index in [0.29, 0.717) is 48.1 Å². The van der Waals surface area contributed by atoms with E-state index in [0.717, 1.165) is 11.4 Å². The number of nitrogens with one attached hydrogen (secondary N) is 2. The SMILES string of the molecule is Cl.Cl.NC(=NC=NNc1ccc(Cl)cc1)N1CCN(C(N)=NC=NNc2ccc(Cl)cc2)CC1. The van der Waals surface area contributed by atoms with Crippen molar-refractivity contribution >= 4 is 84.0 Å². The summed E-state index contributed by atoms with van der Waals surface area (Å²) in [5.74, 6) is 0.770.